The van der Waals surface area contributed by atoms with Crippen molar-refractivity contribution in [1.29, 1.82) is 0 Å². The number of hydrogen-bond acceptors (Lipinski definition) is 23. The number of anilines is 2. The highest BCUT2D eigenvalue weighted by Gasteiger charge is 2.38. The van der Waals surface area contributed by atoms with Gasteiger partial charge in [0.15, 0.2) is 0 Å². The van der Waals surface area contributed by atoms with Gasteiger partial charge in [-0.25, -0.2) is 21.4 Å². The maximum absolute atomic E-state index is 11.5. The molecule has 0 heterocycles. The van der Waals surface area contributed by atoms with E-state index >= 15 is 0 Å². The molecule has 6 rings (SSSR count). The fourth-order valence-corrected chi connectivity index (χ4v) is 10.9. The number of allylic oxidation sites excluding steroid dienone is 5. The predicted octanol–water partition coefficient (Wildman–Crippen LogP) is 6.86. The molecule has 2 aliphatic carbocycles. The molecule has 4 aromatic rings. The van der Waals surface area contributed by atoms with Crippen LogP contribution in [0.5, 0.6) is 57.5 Å². The summed E-state index contributed by atoms with van der Waals surface area (Å²) in [5.41, 5.74) is 5.41. The van der Waals surface area contributed by atoms with E-state index in [9.17, 15) is 35.8 Å². The van der Waals surface area contributed by atoms with E-state index in [2.05, 4.69) is 0 Å². The Hall–Kier alpha value is -9.25. The first-order chi connectivity index (χ1) is 43.8. The minimum absolute atomic E-state index is 0.0242. The number of carbonyl (C=O) groups excluding carboxylic acids is 1. The van der Waals surface area contributed by atoms with Crippen LogP contribution in [0.4, 0.5) is 11.4 Å². The molecule has 0 saturated heterocycles. The van der Waals surface area contributed by atoms with Crippen LogP contribution in [-0.4, -0.2) is 212 Å². The summed E-state index contributed by atoms with van der Waals surface area (Å²) in [6, 6.07) is 13.6. The molecule has 0 radical (unpaired) electrons. The van der Waals surface area contributed by atoms with Gasteiger partial charge >= 0.3 is 11.8 Å². The average molecular weight is 1320 g/mol. The van der Waals surface area contributed by atoms with E-state index in [1.807, 2.05) is 4.58 Å². The molecular formula is C64H81N3O23S2. The Bertz CT molecular complexity index is 3550. The molecule has 0 unspecified atom stereocenters. The van der Waals surface area contributed by atoms with Crippen LogP contribution in [0.2, 0.25) is 0 Å². The van der Waals surface area contributed by atoms with Crippen molar-refractivity contribution in [2.24, 2.45) is 0 Å². The van der Waals surface area contributed by atoms with Gasteiger partial charge in [0.2, 0.25) is 5.71 Å². The van der Waals surface area contributed by atoms with Gasteiger partial charge in [-0.2, -0.15) is 0 Å². The number of benzene rings is 4. The smallest absolute Gasteiger partial charge is 0.358 e. The number of rotatable bonds is 30. The van der Waals surface area contributed by atoms with E-state index in [-0.39, 0.29) is 42.5 Å². The van der Waals surface area contributed by atoms with Gasteiger partial charge < -0.3 is 90.3 Å². The number of nitrogens with zero attached hydrogens (tertiary/aromatic N) is 3. The van der Waals surface area contributed by atoms with Crippen molar-refractivity contribution in [2.75, 3.05) is 169 Å². The SMILES string of the molecule is COC1=CC(=[N+](C)CCCC(=O)O)C=C(OC)C1=C(c1c(OC)cc(N(C)CCS(=O)(=O)[O-])cc1OC)c1c(OC)cc(N(C)CCS(=O)(=O)[O-])cc1OC.COC1=CC(=[O+]C)C(=C(c2c(OC)cc(OC)cc2OC)c2c(OC)cc(OC)cc2OC)C(OC)=C1. The Kier molecular flexibility index (Phi) is 26.5. The second-order valence-corrected chi connectivity index (χ2v) is 23.0. The van der Waals surface area contributed by atoms with Gasteiger partial charge in [0.25, 0.3) is 7.11 Å². The standard InChI is InChI=1S/C36H49N3O14S2.C28H33O9/c1-37(12-10-11-32(40)41)23-17-26(48-4)33(27(18-23)49-5)36(34-28(50-6)19-24(20-29(34)51-7)38(2)13-15-54(42,43)44)35-30(52-8)21-25(22-31(35)53-9)39(3)14-16-55(45,46)47;1-29-16-10-19(32-4)25(20(11-16)33-5)28(26-21(34-6)12-17(30-2)13-22(26)35-7)27-23(36-8)14-18(31-3)15-24(27)37-9/h17-22H,10-16H2,1-9H3,(H2-,40,41,42,43,44,45,46,47);10-15H,1-9H3/q;+1/p-1. The summed E-state index contributed by atoms with van der Waals surface area (Å²) < 4.78 is 158. The molecule has 0 aliphatic heterocycles. The summed E-state index contributed by atoms with van der Waals surface area (Å²) >= 11 is 0. The van der Waals surface area contributed by atoms with Crippen molar-refractivity contribution in [3.8, 4) is 57.5 Å². The van der Waals surface area contributed by atoms with Crippen molar-refractivity contribution in [2.45, 2.75) is 12.8 Å². The quantitative estimate of drug-likeness (QED) is 0.0241. The topological polar surface area (TPSA) is 302 Å². The highest BCUT2D eigenvalue weighted by atomic mass is 32.2. The van der Waals surface area contributed by atoms with E-state index in [4.69, 9.17) is 70.7 Å². The second kappa shape index (κ2) is 33.2. The number of carboxylic acid groups (broad SMARTS) is 1. The first-order valence-electron chi connectivity index (χ1n) is 27.9. The number of aliphatic carboxylic acids is 1. The van der Waals surface area contributed by atoms with Gasteiger partial charge in [-0.15, -0.1) is 0 Å². The Morgan fingerprint density at radius 2 is 0.804 bits per heavy atom. The third kappa shape index (κ3) is 17.6. The number of carbonyl (C=O) groups is 1. The molecule has 502 valence electrons. The number of methoxy groups -OCH3 is 14. The van der Waals surface area contributed by atoms with Crippen molar-refractivity contribution >= 4 is 60.2 Å². The highest BCUT2D eigenvalue weighted by Crippen LogP contribution is 2.53. The van der Waals surface area contributed by atoms with Crippen LogP contribution >= 0.6 is 0 Å². The number of carboxylic acids is 1. The highest BCUT2D eigenvalue weighted by molar-refractivity contribution is 7.85. The van der Waals surface area contributed by atoms with E-state index < -0.39 is 37.7 Å². The minimum Gasteiger partial charge on any atom is -0.748 e. The third-order valence-corrected chi connectivity index (χ3v) is 16.0. The van der Waals surface area contributed by atoms with Crippen LogP contribution in [-0.2, 0) is 48.4 Å². The molecule has 26 nitrogen and oxygen atoms in total. The van der Waals surface area contributed by atoms with Crippen LogP contribution in [0.25, 0.3) is 11.1 Å². The largest absolute Gasteiger partial charge is 0.748 e. The fourth-order valence-electron chi connectivity index (χ4n) is 9.95. The predicted molar refractivity (Wildman–Crippen MR) is 343 cm³/mol. The Labute approximate surface area is 537 Å². The monoisotopic (exact) mass is 1320 g/mol. The molecular weight excluding hydrogens is 1240 g/mol. The van der Waals surface area contributed by atoms with Gasteiger partial charge in [0, 0.05) is 111 Å². The summed E-state index contributed by atoms with van der Waals surface area (Å²) in [5, 5.41) is 9.18. The Balaban J connectivity index is 0.000000360. The van der Waals surface area contributed by atoms with Crippen LogP contribution in [0, 0.1) is 0 Å². The molecule has 4 aromatic carbocycles. The lowest BCUT2D eigenvalue weighted by Gasteiger charge is -2.29. The first kappa shape index (κ1) is 73.5. The number of hydrogen-bond donors (Lipinski definition) is 1. The first-order valence-corrected chi connectivity index (χ1v) is 31.1. The molecule has 0 fully saturated rings. The summed E-state index contributed by atoms with van der Waals surface area (Å²) in [4.78, 5) is 14.3. The Morgan fingerprint density at radius 1 is 0.478 bits per heavy atom. The van der Waals surface area contributed by atoms with Crippen LogP contribution < -0.4 is 57.2 Å². The van der Waals surface area contributed by atoms with Crippen molar-refractivity contribution < 1.29 is 111 Å². The van der Waals surface area contributed by atoms with E-state index in [1.165, 1.54) is 42.7 Å². The molecule has 28 heteroatoms. The molecule has 92 heavy (non-hydrogen) atoms. The maximum Gasteiger partial charge on any atom is 0.358 e. The fraction of sp³-hybridized carbons (Fsp3) is 0.391. The summed E-state index contributed by atoms with van der Waals surface area (Å²) in [7, 11) is 18.8. The van der Waals surface area contributed by atoms with Gasteiger partial charge in [-0.1, -0.05) is 0 Å². The normalized spacial score (nSPS) is 13.3. The lowest BCUT2D eigenvalue weighted by atomic mass is 9.86. The Morgan fingerprint density at radius 3 is 1.09 bits per heavy atom. The van der Waals surface area contributed by atoms with Crippen molar-refractivity contribution in [3.05, 3.63) is 129 Å². The molecule has 0 saturated carbocycles. The van der Waals surface area contributed by atoms with Gasteiger partial charge in [-0.3, -0.25) is 9.22 Å². The number of ether oxygens (including phenoxy) is 14. The van der Waals surface area contributed by atoms with Gasteiger partial charge in [0.1, 0.15) is 99.7 Å². The van der Waals surface area contributed by atoms with Crippen molar-refractivity contribution in [3.63, 3.8) is 0 Å². The molecule has 0 amide bonds. The molecule has 0 bridgehead atoms. The number of ketones is 1. The molecule has 2 aliphatic rings. The zero-order chi connectivity index (χ0) is 68.4. The lowest BCUT2D eigenvalue weighted by molar-refractivity contribution is -0.496. The van der Waals surface area contributed by atoms with Gasteiger partial charge in [-0.05, 0) is 0 Å². The average Bonchev–Trinajstić information content (AvgIpc) is 0.758. The molecule has 0 aromatic heterocycles. The minimum atomic E-state index is -4.51. The van der Waals surface area contributed by atoms with Crippen molar-refractivity contribution in [1.82, 2.24) is 0 Å². The lowest BCUT2D eigenvalue weighted by Crippen LogP contribution is -2.25. The maximum atomic E-state index is 11.5. The van der Waals surface area contributed by atoms with E-state index in [1.54, 1.807) is 168 Å². The van der Waals surface area contributed by atoms with E-state index in [0.29, 0.717) is 138 Å². The zero-order valence-corrected chi connectivity index (χ0v) is 56.6. The third-order valence-electron chi connectivity index (χ3n) is 14.7. The summed E-state index contributed by atoms with van der Waals surface area (Å²) in [6.45, 7) is 0.159. The van der Waals surface area contributed by atoms with E-state index in [0.717, 1.165) is 0 Å². The molecule has 0 spiro atoms. The molecule has 1 N–H and O–H groups in total. The van der Waals surface area contributed by atoms with Crippen LogP contribution in [0.3, 0.4) is 0 Å². The van der Waals surface area contributed by atoms with Crippen LogP contribution in [0.1, 0.15) is 35.1 Å². The summed E-state index contributed by atoms with van der Waals surface area (Å²) in [6.07, 6.45) is 7.40. The zero-order valence-electron chi connectivity index (χ0n) is 55.0. The molecule has 0 atom stereocenters. The summed E-state index contributed by atoms with van der Waals surface area (Å²) in [5.74, 6) is 3.92. The van der Waals surface area contributed by atoms with Gasteiger partial charge in [0.05, 0.1) is 184 Å². The van der Waals surface area contributed by atoms with Crippen LogP contribution in [0.15, 0.2) is 107 Å². The second-order valence-electron chi connectivity index (χ2n) is 19.9.